The van der Waals surface area contributed by atoms with E-state index < -0.39 is 10.0 Å². The van der Waals surface area contributed by atoms with E-state index in [-0.39, 0.29) is 17.5 Å². The number of sulfonamides is 1. The van der Waals surface area contributed by atoms with Crippen LogP contribution in [0.25, 0.3) is 0 Å². The maximum Gasteiger partial charge on any atom is 0.244 e. The Morgan fingerprint density at radius 1 is 1.47 bits per heavy atom. The second kappa shape index (κ2) is 5.62. The zero-order valence-electron chi connectivity index (χ0n) is 11.3. The van der Waals surface area contributed by atoms with Crippen LogP contribution in [0.2, 0.25) is 0 Å². The summed E-state index contributed by atoms with van der Waals surface area (Å²) in [6, 6.07) is 1.45. The maximum atomic E-state index is 12.6. The number of aromatic nitrogens is 1. The monoisotopic (exact) mass is 287 g/mol. The quantitative estimate of drug-likeness (QED) is 0.834. The predicted molar refractivity (Wildman–Crippen MR) is 72.2 cm³/mol. The molecule has 0 aromatic carbocycles. The first-order valence-electron chi connectivity index (χ1n) is 6.43. The highest BCUT2D eigenvalue weighted by molar-refractivity contribution is 7.89. The highest BCUT2D eigenvalue weighted by atomic mass is 32.2. The zero-order valence-corrected chi connectivity index (χ0v) is 12.2. The summed E-state index contributed by atoms with van der Waals surface area (Å²) < 4.78 is 26.7. The van der Waals surface area contributed by atoms with Crippen molar-refractivity contribution < 1.29 is 13.5 Å². The van der Waals surface area contributed by atoms with Crippen LogP contribution in [0.4, 0.5) is 0 Å². The van der Waals surface area contributed by atoms with Crippen LogP contribution < -0.4 is 0 Å². The van der Waals surface area contributed by atoms with Crippen molar-refractivity contribution in [2.45, 2.75) is 30.9 Å². The topological polar surface area (TPSA) is 76.6 Å². The van der Waals surface area contributed by atoms with Crippen molar-refractivity contribution in [2.24, 2.45) is 0 Å². The molecule has 19 heavy (non-hydrogen) atoms. The Bertz CT molecular complexity index is 526. The number of hydrogen-bond acceptors (Lipinski definition) is 4. The van der Waals surface area contributed by atoms with Gasteiger partial charge < -0.3 is 15.0 Å². The average molecular weight is 287 g/mol. The van der Waals surface area contributed by atoms with Crippen molar-refractivity contribution in [1.82, 2.24) is 14.2 Å². The van der Waals surface area contributed by atoms with Crippen molar-refractivity contribution >= 4 is 10.0 Å². The minimum absolute atomic E-state index is 0.0509. The lowest BCUT2D eigenvalue weighted by molar-refractivity contribution is 0.277. The van der Waals surface area contributed by atoms with Gasteiger partial charge in [0.05, 0.1) is 11.5 Å². The number of hydrogen-bond donors (Lipinski definition) is 2. The molecule has 1 aliphatic heterocycles. The third-order valence-corrected chi connectivity index (χ3v) is 5.47. The Balaban J connectivity index is 2.27. The second-order valence-electron chi connectivity index (χ2n) is 5.10. The molecule has 1 aliphatic rings. The number of aromatic amines is 1. The van der Waals surface area contributed by atoms with Gasteiger partial charge in [0.1, 0.15) is 0 Å². The van der Waals surface area contributed by atoms with E-state index in [1.165, 1.54) is 12.3 Å². The van der Waals surface area contributed by atoms with E-state index >= 15 is 0 Å². The summed E-state index contributed by atoms with van der Waals surface area (Å²) in [4.78, 5) is 5.15. The fourth-order valence-corrected chi connectivity index (χ4v) is 4.18. The molecule has 7 heteroatoms. The van der Waals surface area contributed by atoms with Crippen LogP contribution in [0.15, 0.2) is 17.2 Å². The van der Waals surface area contributed by atoms with E-state index in [2.05, 4.69) is 9.88 Å². The summed E-state index contributed by atoms with van der Waals surface area (Å²) in [5.41, 5.74) is 0.512. The smallest absolute Gasteiger partial charge is 0.244 e. The number of aliphatic hydroxyl groups is 1. The molecule has 0 bridgehead atoms. The number of nitrogens with zero attached hydrogens (tertiary/aromatic N) is 2. The summed E-state index contributed by atoms with van der Waals surface area (Å²) in [7, 11) is -1.48. The van der Waals surface area contributed by atoms with Crippen molar-refractivity contribution in [1.29, 1.82) is 0 Å². The molecule has 0 saturated carbocycles. The van der Waals surface area contributed by atoms with E-state index in [9.17, 15) is 8.42 Å². The fraction of sp³-hybridized carbons (Fsp3) is 0.667. The lowest BCUT2D eigenvalue weighted by Gasteiger charge is -2.26. The van der Waals surface area contributed by atoms with Crippen molar-refractivity contribution in [2.75, 3.05) is 26.7 Å². The molecule has 1 atom stereocenters. The van der Waals surface area contributed by atoms with Gasteiger partial charge in [-0.2, -0.15) is 4.31 Å². The third kappa shape index (κ3) is 3.00. The first-order valence-corrected chi connectivity index (χ1v) is 7.87. The van der Waals surface area contributed by atoms with Gasteiger partial charge in [0.2, 0.25) is 10.0 Å². The zero-order chi connectivity index (χ0) is 14.0. The van der Waals surface area contributed by atoms with Crippen LogP contribution >= 0.6 is 0 Å². The summed E-state index contributed by atoms with van der Waals surface area (Å²) in [5, 5.41) is 9.01. The molecule has 2 rings (SSSR count). The van der Waals surface area contributed by atoms with Crippen LogP contribution in [0.3, 0.4) is 0 Å². The Morgan fingerprint density at radius 3 is 2.84 bits per heavy atom. The fourth-order valence-electron chi connectivity index (χ4n) is 2.50. The predicted octanol–water partition coefficient (Wildman–Crippen LogP) is 0.222. The molecule has 0 amide bonds. The highest BCUT2D eigenvalue weighted by Gasteiger charge is 2.31. The Kier molecular flexibility index (Phi) is 4.29. The number of aliphatic hydroxyl groups excluding tert-OH is 1. The van der Waals surface area contributed by atoms with Gasteiger partial charge in [-0.15, -0.1) is 0 Å². The Labute approximate surface area is 114 Å². The molecule has 1 aromatic rings. The summed E-state index contributed by atoms with van der Waals surface area (Å²) in [5.74, 6) is 0. The van der Waals surface area contributed by atoms with Crippen LogP contribution in [0, 0.1) is 0 Å². The van der Waals surface area contributed by atoms with Gasteiger partial charge >= 0.3 is 0 Å². The van der Waals surface area contributed by atoms with Crippen molar-refractivity contribution in [3.63, 3.8) is 0 Å². The molecule has 0 radical (unpaired) electrons. The first kappa shape index (κ1) is 14.5. The molecule has 2 N–H and O–H groups in total. The number of rotatable bonds is 3. The van der Waals surface area contributed by atoms with Gasteiger partial charge in [-0.05, 0) is 33.0 Å². The molecule has 6 nitrogen and oxygen atoms in total. The lowest BCUT2D eigenvalue weighted by Crippen LogP contribution is -2.41. The third-order valence-electron chi connectivity index (χ3n) is 3.48. The lowest BCUT2D eigenvalue weighted by atomic mass is 10.3. The molecular formula is C12H21N3O3S. The van der Waals surface area contributed by atoms with Crippen LogP contribution in [0.5, 0.6) is 0 Å². The highest BCUT2D eigenvalue weighted by Crippen LogP contribution is 2.21. The molecule has 108 valence electrons. The molecule has 1 fully saturated rings. The van der Waals surface area contributed by atoms with E-state index in [1.807, 2.05) is 14.0 Å². The van der Waals surface area contributed by atoms with Crippen LogP contribution in [0.1, 0.15) is 19.0 Å². The van der Waals surface area contributed by atoms with Gasteiger partial charge in [0.15, 0.2) is 0 Å². The Hall–Kier alpha value is -0.890. The molecule has 1 saturated heterocycles. The summed E-state index contributed by atoms with van der Waals surface area (Å²) >= 11 is 0. The van der Waals surface area contributed by atoms with Crippen LogP contribution in [-0.4, -0.2) is 60.4 Å². The van der Waals surface area contributed by atoms with Gasteiger partial charge in [0, 0.05) is 31.0 Å². The number of nitrogens with one attached hydrogen (secondary N) is 1. The van der Waals surface area contributed by atoms with E-state index in [0.717, 1.165) is 19.5 Å². The maximum absolute atomic E-state index is 12.6. The van der Waals surface area contributed by atoms with E-state index in [1.54, 1.807) is 4.31 Å². The number of likely N-dealkylation sites (N-methyl/N-ethyl adjacent to an activating group) is 1. The number of H-pyrrole nitrogens is 1. The molecule has 1 aromatic heterocycles. The standard InChI is InChI=1S/C12H21N3O3S/c1-10-8-14(2)4-3-5-15(10)19(17,18)12-6-11(9-16)13-7-12/h6-7,10,13,16H,3-5,8-9H2,1-2H3. The van der Waals surface area contributed by atoms with Crippen LogP contribution in [-0.2, 0) is 16.6 Å². The van der Waals surface area contributed by atoms with E-state index in [4.69, 9.17) is 5.11 Å². The minimum Gasteiger partial charge on any atom is -0.390 e. The first-order chi connectivity index (χ1) is 8.95. The molecule has 0 spiro atoms. The normalized spacial score (nSPS) is 23.4. The van der Waals surface area contributed by atoms with Gasteiger partial charge in [-0.25, -0.2) is 8.42 Å². The minimum atomic E-state index is -3.48. The van der Waals surface area contributed by atoms with Crippen molar-refractivity contribution in [3.05, 3.63) is 18.0 Å². The molecule has 2 heterocycles. The van der Waals surface area contributed by atoms with E-state index in [0.29, 0.717) is 12.2 Å². The average Bonchev–Trinajstić information content (AvgIpc) is 2.76. The largest absolute Gasteiger partial charge is 0.390 e. The molecule has 0 aliphatic carbocycles. The molecule has 1 unspecified atom stereocenters. The Morgan fingerprint density at radius 2 is 2.21 bits per heavy atom. The van der Waals surface area contributed by atoms with Gasteiger partial charge in [0.25, 0.3) is 0 Å². The summed E-state index contributed by atoms with van der Waals surface area (Å²) in [6.07, 6.45) is 2.28. The summed E-state index contributed by atoms with van der Waals surface area (Å²) in [6.45, 7) is 3.92. The SMILES string of the molecule is CC1CN(C)CCCN1S(=O)(=O)c1c[nH]c(CO)c1. The van der Waals surface area contributed by atoms with Crippen molar-refractivity contribution in [3.8, 4) is 0 Å². The second-order valence-corrected chi connectivity index (χ2v) is 6.99. The van der Waals surface area contributed by atoms with Gasteiger partial charge in [-0.1, -0.05) is 0 Å². The van der Waals surface area contributed by atoms with Gasteiger partial charge in [-0.3, -0.25) is 0 Å². The molecular weight excluding hydrogens is 266 g/mol.